The number of esters is 5. The van der Waals surface area contributed by atoms with E-state index >= 15 is 0 Å². The number of carbonyl (C=O) groups excluding carboxylic acids is 11. The van der Waals surface area contributed by atoms with Crippen molar-refractivity contribution in [3.63, 3.8) is 0 Å². The van der Waals surface area contributed by atoms with Crippen LogP contribution in [0.15, 0.2) is 48.5 Å². The van der Waals surface area contributed by atoms with Crippen LogP contribution in [0.1, 0.15) is 355 Å². The highest BCUT2D eigenvalue weighted by atomic mass is 16.6. The van der Waals surface area contributed by atoms with E-state index in [1.54, 1.807) is 14.0 Å². The predicted octanol–water partition coefficient (Wildman–Crippen LogP) is 17.1. The van der Waals surface area contributed by atoms with Gasteiger partial charge >= 0.3 is 29.8 Å². The standard InChI is InChI=1S/C95H154N6O16/c1-67(2)61-81(96-11)91(109)113-59-37-24-25-38-60-114-92(110)83(63-69(5)6)100-88(106)46-33-23-17-16-20-31-44-86(104)98-57-36-35-43-80(90(108)115-66-72-40-28-26-29-41-72)99-87(105)45-32-22-15-13-19-30-42-74(103)55-58-97-82(62-68(3)4)93(111)116-75-49-51-76-73(65-75)48-50-78-77(76)54-56-95(10)79(78)52-53-85(95)117-94(112)84(64-70(7)8)101-89(107)47-34-21-14-12-18-27-39-71(9)102/h26,28-29,40-41,49,51,65,67-70,77-85,96-97H,12-25,27,30-39,42-48,50,52-64,66H2,1-11H3,(H,98,104)(H,99,105)(H,100,106)(H,101,107). The highest BCUT2D eigenvalue weighted by Gasteiger charge is 2.56. The van der Waals surface area contributed by atoms with Gasteiger partial charge in [0.1, 0.15) is 60.2 Å². The molecule has 0 bridgehead atoms. The molecule has 2 aromatic carbocycles. The number of carbonyl (C=O) groups is 11. The van der Waals surface area contributed by atoms with Crippen molar-refractivity contribution >= 4 is 65.0 Å². The minimum Gasteiger partial charge on any atom is -0.465 e. The Balaban J connectivity index is 0.911. The average Bonchev–Trinajstić information content (AvgIpc) is 1.56. The summed E-state index contributed by atoms with van der Waals surface area (Å²) < 4.78 is 29.2. The van der Waals surface area contributed by atoms with Crippen molar-refractivity contribution in [1.29, 1.82) is 0 Å². The number of aryl methyl sites for hydroxylation is 1. The van der Waals surface area contributed by atoms with Gasteiger partial charge in [-0.1, -0.05) is 176 Å². The molecule has 5 rings (SSSR count). The van der Waals surface area contributed by atoms with Gasteiger partial charge in [0, 0.05) is 63.5 Å². The van der Waals surface area contributed by atoms with Gasteiger partial charge in [0.2, 0.25) is 23.6 Å². The maximum Gasteiger partial charge on any atom is 0.328 e. The average molecular weight is 1640 g/mol. The molecule has 2 saturated carbocycles. The molecule has 10 unspecified atom stereocenters. The molecular formula is C95H154N6O16. The van der Waals surface area contributed by atoms with E-state index in [1.165, 1.54) is 11.1 Å². The number of benzene rings is 2. The van der Waals surface area contributed by atoms with E-state index in [9.17, 15) is 52.7 Å². The second kappa shape index (κ2) is 57.2. The number of amides is 4. The van der Waals surface area contributed by atoms with Crippen molar-refractivity contribution in [3.8, 4) is 5.75 Å². The Bertz CT molecular complexity index is 3290. The topological polar surface area (TPSA) is 306 Å². The summed E-state index contributed by atoms with van der Waals surface area (Å²) in [5, 5.41) is 18.3. The first-order valence-electron chi connectivity index (χ1n) is 45.8. The van der Waals surface area contributed by atoms with Crippen molar-refractivity contribution in [2.24, 2.45) is 40.9 Å². The third-order valence-corrected chi connectivity index (χ3v) is 23.8. The van der Waals surface area contributed by atoms with Gasteiger partial charge in [-0.25, -0.2) is 19.2 Å². The maximum atomic E-state index is 14.0. The second-order valence-corrected chi connectivity index (χ2v) is 36.0. The van der Waals surface area contributed by atoms with E-state index in [1.807, 2.05) is 50.2 Å². The fourth-order valence-corrected chi connectivity index (χ4v) is 17.3. The fraction of sp³-hybridized carbons (Fsp3) is 0.758. The largest absolute Gasteiger partial charge is 0.465 e. The number of unbranched alkanes of at least 4 members (excludes halogenated alkanes) is 19. The van der Waals surface area contributed by atoms with Crippen LogP contribution in [0.25, 0.3) is 0 Å². The molecule has 0 radical (unpaired) electrons. The zero-order chi connectivity index (χ0) is 85.3. The summed E-state index contributed by atoms with van der Waals surface area (Å²) in [4.78, 5) is 143. The van der Waals surface area contributed by atoms with Crippen molar-refractivity contribution in [2.45, 2.75) is 388 Å². The number of hydrogen-bond acceptors (Lipinski definition) is 18. The Morgan fingerprint density at radius 1 is 0.444 bits per heavy atom. The molecule has 22 nitrogen and oxygen atoms in total. The molecule has 0 aliphatic heterocycles. The summed E-state index contributed by atoms with van der Waals surface area (Å²) >= 11 is 0. The SMILES string of the molecule is CNC(CC(C)C)C(=O)OCCCCCCOC(=O)C(CC(C)C)NC(=O)CCCCCCCCC(=O)NCCCCC(NC(=O)CCCCCCCCC(=O)CCNC(CC(C)C)C(=O)Oc1ccc2c(c1)CCC1C2CCC2(C)C(OC(=O)C(CC(C)C)NC(=O)CCCCCCCCC(C)=O)CCC12)C(=O)OCc1ccccc1. The lowest BCUT2D eigenvalue weighted by Gasteiger charge is -2.50. The molecule has 660 valence electrons. The Morgan fingerprint density at radius 2 is 0.923 bits per heavy atom. The Morgan fingerprint density at radius 3 is 1.47 bits per heavy atom. The number of likely N-dealkylation sites (N-methyl/N-ethyl adjacent to an activating group) is 1. The van der Waals surface area contributed by atoms with Gasteiger partial charge in [0.25, 0.3) is 0 Å². The number of fused-ring (bicyclic) bond motifs is 5. The van der Waals surface area contributed by atoms with Crippen molar-refractivity contribution in [2.75, 3.05) is 33.4 Å². The molecule has 10 atom stereocenters. The molecule has 6 N–H and O–H groups in total. The summed E-state index contributed by atoms with van der Waals surface area (Å²) in [6.07, 6.45) is 31.0. The molecule has 3 aliphatic carbocycles. The summed E-state index contributed by atoms with van der Waals surface area (Å²) in [6, 6.07) is 12.5. The number of rotatable bonds is 64. The van der Waals surface area contributed by atoms with Crippen LogP contribution >= 0.6 is 0 Å². The first-order chi connectivity index (χ1) is 56.1. The lowest BCUT2D eigenvalue weighted by Crippen LogP contribution is -2.48. The zero-order valence-electron chi connectivity index (χ0n) is 73.9. The highest BCUT2D eigenvalue weighted by molar-refractivity contribution is 5.86. The summed E-state index contributed by atoms with van der Waals surface area (Å²) in [7, 11) is 1.77. The smallest absolute Gasteiger partial charge is 0.328 e. The number of hydrogen-bond donors (Lipinski definition) is 6. The Hall–Kier alpha value is -7.07. The molecule has 0 aromatic heterocycles. The van der Waals surface area contributed by atoms with Crippen molar-refractivity contribution < 1.29 is 76.4 Å². The molecule has 22 heteroatoms. The molecule has 2 aromatic rings. The number of ether oxygens (including phenoxy) is 5. The van der Waals surface area contributed by atoms with Crippen LogP contribution in [0, 0.1) is 40.9 Å². The first kappa shape index (κ1) is 100. The normalized spacial score (nSPS) is 18.1. The molecule has 0 heterocycles. The molecule has 117 heavy (non-hydrogen) atoms. The van der Waals surface area contributed by atoms with E-state index in [4.69, 9.17) is 23.7 Å². The molecule has 3 aliphatic rings. The predicted molar refractivity (Wildman–Crippen MR) is 459 cm³/mol. The molecule has 4 amide bonds. The van der Waals surface area contributed by atoms with Gasteiger partial charge in [-0.05, 0) is 232 Å². The molecule has 2 fully saturated rings. The van der Waals surface area contributed by atoms with E-state index in [0.717, 1.165) is 173 Å². The monoisotopic (exact) mass is 1640 g/mol. The maximum absolute atomic E-state index is 14.0. The van der Waals surface area contributed by atoms with Gasteiger partial charge in [-0.3, -0.25) is 28.8 Å². The lowest BCUT2D eigenvalue weighted by atomic mass is 9.55. The van der Waals surface area contributed by atoms with Crippen LogP contribution in [-0.2, 0) is 84.7 Å². The van der Waals surface area contributed by atoms with Crippen LogP contribution in [0.5, 0.6) is 5.75 Å². The van der Waals surface area contributed by atoms with Gasteiger partial charge in [0.15, 0.2) is 0 Å². The fourth-order valence-electron chi connectivity index (χ4n) is 17.3. The van der Waals surface area contributed by atoms with Gasteiger partial charge in [-0.15, -0.1) is 0 Å². The molecular weight excluding hydrogens is 1480 g/mol. The molecule has 0 spiro atoms. The zero-order valence-corrected chi connectivity index (χ0v) is 73.9. The van der Waals surface area contributed by atoms with Gasteiger partial charge in [-0.2, -0.15) is 0 Å². The Kier molecular flexibility index (Phi) is 49.1. The number of nitrogens with one attached hydrogen (secondary N) is 6. The first-order valence-corrected chi connectivity index (χ1v) is 45.8. The number of Topliss-reactive ketones (excluding diaryl/α,β-unsaturated/α-hetero) is 2. The van der Waals surface area contributed by atoms with E-state index in [-0.39, 0.29) is 108 Å². The number of ketones is 2. The second-order valence-electron chi connectivity index (χ2n) is 36.0. The summed E-state index contributed by atoms with van der Waals surface area (Å²) in [6.45, 7) is 21.9. The van der Waals surface area contributed by atoms with Crippen molar-refractivity contribution in [1.82, 2.24) is 31.9 Å². The van der Waals surface area contributed by atoms with E-state index in [2.05, 4.69) is 92.5 Å². The van der Waals surface area contributed by atoms with E-state index < -0.39 is 36.1 Å². The minimum atomic E-state index is -0.820. The van der Waals surface area contributed by atoms with Gasteiger partial charge in [0.05, 0.1) is 13.2 Å². The van der Waals surface area contributed by atoms with Gasteiger partial charge < -0.3 is 60.4 Å². The summed E-state index contributed by atoms with van der Waals surface area (Å²) in [5.41, 5.74) is 3.24. The summed E-state index contributed by atoms with van der Waals surface area (Å²) in [5.74, 6) is 0.820. The van der Waals surface area contributed by atoms with Crippen LogP contribution in [-0.4, -0.2) is 135 Å². The van der Waals surface area contributed by atoms with Crippen LogP contribution in [0.3, 0.4) is 0 Å². The third-order valence-electron chi connectivity index (χ3n) is 23.8. The highest BCUT2D eigenvalue weighted by Crippen LogP contribution is 2.62. The van der Waals surface area contributed by atoms with Crippen LogP contribution < -0.4 is 36.6 Å². The third kappa shape index (κ3) is 40.7. The minimum absolute atomic E-state index is 0.0292. The van der Waals surface area contributed by atoms with Crippen molar-refractivity contribution in [3.05, 3.63) is 65.2 Å². The quantitative estimate of drug-likeness (QED) is 0.0155. The van der Waals surface area contributed by atoms with Crippen LogP contribution in [0.2, 0.25) is 0 Å². The lowest BCUT2D eigenvalue weighted by molar-refractivity contribution is -0.161. The Labute approximate surface area is 702 Å². The van der Waals surface area contributed by atoms with E-state index in [0.29, 0.717) is 145 Å². The van der Waals surface area contributed by atoms with Crippen LogP contribution in [0.4, 0.5) is 0 Å². The molecule has 0 saturated heterocycles.